The van der Waals surface area contributed by atoms with E-state index >= 15 is 0 Å². The molecule has 4 saturated carbocycles. The van der Waals surface area contributed by atoms with E-state index in [1.54, 1.807) is 12.1 Å². The van der Waals surface area contributed by atoms with Gasteiger partial charge in [0.15, 0.2) is 11.6 Å². The van der Waals surface area contributed by atoms with Crippen molar-refractivity contribution in [2.75, 3.05) is 7.11 Å². The van der Waals surface area contributed by atoms with E-state index in [1.807, 2.05) is 0 Å². The SMILES string of the molecule is COc1cc(C[C@@]2(CCC(=O)N[C@H](C)C34C[C@H]5C[C@@H](CC(O)(C5)C3)C4)CCC(=O)N2)ccc1F. The van der Waals surface area contributed by atoms with Gasteiger partial charge >= 0.3 is 0 Å². The molecule has 2 amide bonds. The minimum atomic E-state index is -0.544. The third-order valence-electron chi connectivity index (χ3n) is 9.20. The minimum absolute atomic E-state index is 0.00157. The van der Waals surface area contributed by atoms with Crippen molar-refractivity contribution in [3.63, 3.8) is 0 Å². The largest absolute Gasteiger partial charge is 0.494 e. The smallest absolute Gasteiger partial charge is 0.220 e. The first kappa shape index (κ1) is 23.6. The average molecular weight is 473 g/mol. The fraction of sp³-hybridized carbons (Fsp3) is 0.704. The summed E-state index contributed by atoms with van der Waals surface area (Å²) in [5.41, 5.74) is -0.192. The molecule has 186 valence electrons. The number of aliphatic hydroxyl groups is 1. The van der Waals surface area contributed by atoms with Gasteiger partial charge in [0.25, 0.3) is 0 Å². The topological polar surface area (TPSA) is 87.7 Å². The minimum Gasteiger partial charge on any atom is -0.494 e. The lowest BCUT2D eigenvalue weighted by molar-refractivity contribution is -0.173. The maximum Gasteiger partial charge on any atom is 0.220 e. The first-order chi connectivity index (χ1) is 16.1. The molecule has 7 heteroatoms. The second-order valence-corrected chi connectivity index (χ2v) is 11.8. The third kappa shape index (κ3) is 4.43. The summed E-state index contributed by atoms with van der Waals surface area (Å²) < 4.78 is 19.0. The summed E-state index contributed by atoms with van der Waals surface area (Å²) in [4.78, 5) is 25.2. The number of rotatable bonds is 8. The molecule has 34 heavy (non-hydrogen) atoms. The van der Waals surface area contributed by atoms with Gasteiger partial charge in [0.05, 0.1) is 12.7 Å². The fourth-order valence-corrected chi connectivity index (χ4v) is 8.00. The van der Waals surface area contributed by atoms with Gasteiger partial charge in [0.1, 0.15) is 0 Å². The average Bonchev–Trinajstić information content (AvgIpc) is 3.12. The van der Waals surface area contributed by atoms with Crippen molar-refractivity contribution < 1.29 is 23.8 Å². The Morgan fingerprint density at radius 3 is 2.65 bits per heavy atom. The van der Waals surface area contributed by atoms with Crippen molar-refractivity contribution in [1.29, 1.82) is 0 Å². The highest BCUT2D eigenvalue weighted by Crippen LogP contribution is 2.62. The van der Waals surface area contributed by atoms with Gasteiger partial charge in [0, 0.05) is 24.4 Å². The fourth-order valence-electron chi connectivity index (χ4n) is 8.00. The molecular formula is C27H37FN2O4. The van der Waals surface area contributed by atoms with Gasteiger partial charge in [-0.25, -0.2) is 4.39 Å². The Hall–Kier alpha value is -2.15. The highest BCUT2D eigenvalue weighted by molar-refractivity contribution is 5.80. The lowest BCUT2D eigenvalue weighted by Gasteiger charge is -2.62. The number of benzene rings is 1. The van der Waals surface area contributed by atoms with Crippen molar-refractivity contribution >= 4 is 11.8 Å². The van der Waals surface area contributed by atoms with Crippen LogP contribution in [0.25, 0.3) is 0 Å². The van der Waals surface area contributed by atoms with Gasteiger partial charge in [-0.3, -0.25) is 9.59 Å². The normalized spacial score (nSPS) is 36.9. The molecule has 0 spiro atoms. The molecule has 4 bridgehead atoms. The Balaban J connectivity index is 1.23. The van der Waals surface area contributed by atoms with Crippen LogP contribution < -0.4 is 15.4 Å². The lowest BCUT2D eigenvalue weighted by atomic mass is 9.46. The molecule has 1 aliphatic heterocycles. The summed E-state index contributed by atoms with van der Waals surface area (Å²) in [5, 5.41) is 17.4. The van der Waals surface area contributed by atoms with E-state index in [0.717, 1.165) is 37.7 Å². The summed E-state index contributed by atoms with van der Waals surface area (Å²) in [5.74, 6) is 0.905. The van der Waals surface area contributed by atoms with E-state index in [2.05, 4.69) is 17.6 Å². The van der Waals surface area contributed by atoms with Crippen molar-refractivity contribution in [3.05, 3.63) is 29.6 Å². The molecule has 1 heterocycles. The second kappa shape index (κ2) is 8.51. The van der Waals surface area contributed by atoms with E-state index in [4.69, 9.17) is 4.74 Å². The zero-order valence-corrected chi connectivity index (χ0v) is 20.3. The monoisotopic (exact) mass is 472 g/mol. The molecule has 6 rings (SSSR count). The summed E-state index contributed by atoms with van der Waals surface area (Å²) in [6.07, 6.45) is 8.50. The number of halogens is 1. The number of carbonyl (C=O) groups is 2. The van der Waals surface area contributed by atoms with Gasteiger partial charge < -0.3 is 20.5 Å². The van der Waals surface area contributed by atoms with E-state index in [0.29, 0.717) is 43.9 Å². The Morgan fingerprint density at radius 2 is 2.03 bits per heavy atom. The van der Waals surface area contributed by atoms with Crippen LogP contribution in [0.2, 0.25) is 0 Å². The summed E-state index contributed by atoms with van der Waals surface area (Å²) in [6.45, 7) is 2.10. The van der Waals surface area contributed by atoms with Crippen LogP contribution in [0.4, 0.5) is 4.39 Å². The lowest BCUT2D eigenvalue weighted by Crippen LogP contribution is -2.61. The number of methoxy groups -OCH3 is 1. The van der Waals surface area contributed by atoms with E-state index in [9.17, 15) is 19.1 Å². The zero-order chi connectivity index (χ0) is 24.1. The second-order valence-electron chi connectivity index (χ2n) is 11.8. The Bertz CT molecular complexity index is 967. The molecule has 4 aliphatic carbocycles. The van der Waals surface area contributed by atoms with Crippen LogP contribution in [0, 0.1) is 23.1 Å². The van der Waals surface area contributed by atoms with Crippen LogP contribution in [0.5, 0.6) is 5.75 Å². The molecule has 1 saturated heterocycles. The Kier molecular flexibility index (Phi) is 5.90. The number of amides is 2. The molecule has 0 aromatic heterocycles. The van der Waals surface area contributed by atoms with Crippen LogP contribution in [0.1, 0.15) is 76.7 Å². The first-order valence-electron chi connectivity index (χ1n) is 12.8. The van der Waals surface area contributed by atoms with E-state index in [-0.39, 0.29) is 29.0 Å². The van der Waals surface area contributed by atoms with Crippen molar-refractivity contribution in [2.24, 2.45) is 17.3 Å². The van der Waals surface area contributed by atoms with Crippen LogP contribution in [0.3, 0.4) is 0 Å². The highest BCUT2D eigenvalue weighted by Gasteiger charge is 2.59. The molecule has 3 N–H and O–H groups in total. The molecule has 0 unspecified atom stereocenters. The van der Waals surface area contributed by atoms with Crippen LogP contribution in [-0.4, -0.2) is 41.2 Å². The maximum absolute atomic E-state index is 13.8. The molecule has 6 nitrogen and oxygen atoms in total. The number of nitrogens with one attached hydrogen (secondary N) is 2. The van der Waals surface area contributed by atoms with Gasteiger partial charge in [-0.15, -0.1) is 0 Å². The highest BCUT2D eigenvalue weighted by atomic mass is 19.1. The van der Waals surface area contributed by atoms with Crippen LogP contribution >= 0.6 is 0 Å². The third-order valence-corrected chi connectivity index (χ3v) is 9.20. The number of carbonyl (C=O) groups excluding carboxylic acids is 2. The van der Waals surface area contributed by atoms with E-state index in [1.165, 1.54) is 19.6 Å². The summed E-state index contributed by atoms with van der Waals surface area (Å²) >= 11 is 0. The summed E-state index contributed by atoms with van der Waals surface area (Å²) in [6, 6.07) is 4.78. The molecule has 1 aromatic rings. The standard InChI is InChI=1S/C27H37FN2O4/c1-17(25-11-19-9-20(12-25)15-27(33,14-19)16-25)29-23(31)5-7-26(8-6-24(32)30-26)13-18-3-4-21(28)22(10-18)34-2/h3-4,10,17,19-20,33H,5-9,11-16H2,1-2H3,(H,29,31)(H,30,32)/t17-,19-,20-,25?,26-,27?/m1/s1. The molecule has 5 fully saturated rings. The Morgan fingerprint density at radius 1 is 1.29 bits per heavy atom. The van der Waals surface area contributed by atoms with Crippen molar-refractivity contribution in [1.82, 2.24) is 10.6 Å². The molecule has 0 radical (unpaired) electrons. The van der Waals surface area contributed by atoms with Crippen molar-refractivity contribution in [3.8, 4) is 5.75 Å². The molecule has 1 aromatic carbocycles. The van der Waals surface area contributed by atoms with E-state index < -0.39 is 17.0 Å². The number of ether oxygens (including phenoxy) is 1. The predicted molar refractivity (Wildman–Crippen MR) is 126 cm³/mol. The van der Waals surface area contributed by atoms with Gasteiger partial charge in [0.2, 0.25) is 11.8 Å². The van der Waals surface area contributed by atoms with Crippen LogP contribution in [-0.2, 0) is 16.0 Å². The number of hydrogen-bond donors (Lipinski definition) is 3. The predicted octanol–water partition coefficient (Wildman–Crippen LogP) is 3.64. The maximum atomic E-state index is 13.8. The van der Waals surface area contributed by atoms with Gasteiger partial charge in [-0.05, 0) is 99.7 Å². The number of hydrogen-bond acceptors (Lipinski definition) is 4. The zero-order valence-electron chi connectivity index (χ0n) is 20.3. The van der Waals surface area contributed by atoms with Gasteiger partial charge in [-0.2, -0.15) is 0 Å². The van der Waals surface area contributed by atoms with Crippen molar-refractivity contribution in [2.45, 2.75) is 94.7 Å². The summed E-state index contributed by atoms with van der Waals surface area (Å²) in [7, 11) is 1.43. The quantitative estimate of drug-likeness (QED) is 0.539. The van der Waals surface area contributed by atoms with Gasteiger partial charge in [-0.1, -0.05) is 6.07 Å². The molecule has 5 aliphatic rings. The molecular weight excluding hydrogens is 435 g/mol. The first-order valence-corrected chi connectivity index (χ1v) is 12.8. The Labute approximate surface area is 201 Å². The molecule has 4 atom stereocenters. The van der Waals surface area contributed by atoms with Crippen LogP contribution in [0.15, 0.2) is 18.2 Å².